The molecule has 0 aliphatic carbocycles. The summed E-state index contributed by atoms with van der Waals surface area (Å²) in [7, 11) is 0. The number of rotatable bonds is 2. The van der Waals surface area contributed by atoms with Crippen molar-refractivity contribution in [1.29, 1.82) is 0 Å². The van der Waals surface area contributed by atoms with E-state index in [1.54, 1.807) is 0 Å². The number of aliphatic hydroxyl groups excluding tert-OH is 1. The highest BCUT2D eigenvalue weighted by atomic mass is 16.4. The van der Waals surface area contributed by atoms with E-state index in [0.29, 0.717) is 5.76 Å². The zero-order valence-corrected chi connectivity index (χ0v) is 11.8. The van der Waals surface area contributed by atoms with Crippen LogP contribution in [0.4, 0.5) is 0 Å². The van der Waals surface area contributed by atoms with Crippen molar-refractivity contribution in [3.05, 3.63) is 35.6 Å². The molecule has 0 fully saturated rings. The maximum Gasteiger partial charge on any atom is 0.138 e. The van der Waals surface area contributed by atoms with Gasteiger partial charge in [0.05, 0.1) is 0 Å². The summed E-state index contributed by atoms with van der Waals surface area (Å²) in [4.78, 5) is 0. The molecule has 1 heterocycles. The molecule has 0 aliphatic rings. The third kappa shape index (κ3) is 2.30. The molecular formula is C16H22O2. The molecule has 1 N–H and O–H groups in total. The van der Waals surface area contributed by atoms with Crippen LogP contribution in [0.3, 0.4) is 0 Å². The maximum absolute atomic E-state index is 10.1. The lowest BCUT2D eigenvalue weighted by atomic mass is 9.86. The van der Waals surface area contributed by atoms with Gasteiger partial charge in [-0.2, -0.15) is 0 Å². The third-order valence-electron chi connectivity index (χ3n) is 3.29. The van der Waals surface area contributed by atoms with Gasteiger partial charge in [-0.25, -0.2) is 0 Å². The summed E-state index contributed by atoms with van der Waals surface area (Å²) >= 11 is 0. The van der Waals surface area contributed by atoms with Crippen LogP contribution in [-0.4, -0.2) is 5.11 Å². The lowest BCUT2D eigenvalue weighted by Gasteiger charge is -2.19. The topological polar surface area (TPSA) is 33.4 Å². The van der Waals surface area contributed by atoms with E-state index in [1.807, 2.05) is 32.0 Å². The molecule has 2 heteroatoms. The predicted molar refractivity (Wildman–Crippen MR) is 74.7 cm³/mol. The zero-order valence-electron chi connectivity index (χ0n) is 11.8. The fourth-order valence-corrected chi connectivity index (χ4v) is 2.15. The quantitative estimate of drug-likeness (QED) is 0.851. The largest absolute Gasteiger partial charge is 0.458 e. The van der Waals surface area contributed by atoms with E-state index in [4.69, 9.17) is 4.42 Å². The molecule has 18 heavy (non-hydrogen) atoms. The van der Waals surface area contributed by atoms with Crippen LogP contribution < -0.4 is 0 Å². The first-order valence-electron chi connectivity index (χ1n) is 6.51. The first kappa shape index (κ1) is 13.2. The highest BCUT2D eigenvalue weighted by Gasteiger charge is 2.22. The molecule has 0 radical (unpaired) electrons. The summed E-state index contributed by atoms with van der Waals surface area (Å²) in [5.74, 6) is 0.820. The van der Waals surface area contributed by atoms with Gasteiger partial charge in [0.2, 0.25) is 0 Å². The van der Waals surface area contributed by atoms with Gasteiger partial charge in [-0.05, 0) is 17.4 Å². The fourth-order valence-electron chi connectivity index (χ4n) is 2.15. The van der Waals surface area contributed by atoms with Crippen LogP contribution in [0.5, 0.6) is 0 Å². The summed E-state index contributed by atoms with van der Waals surface area (Å²) < 4.78 is 5.90. The van der Waals surface area contributed by atoms with Crippen LogP contribution in [0.2, 0.25) is 0 Å². The highest BCUT2D eigenvalue weighted by Crippen LogP contribution is 2.34. The van der Waals surface area contributed by atoms with Crippen LogP contribution in [0.1, 0.15) is 52.0 Å². The smallest absolute Gasteiger partial charge is 0.138 e. The van der Waals surface area contributed by atoms with Crippen molar-refractivity contribution in [2.75, 3.05) is 0 Å². The van der Waals surface area contributed by atoms with E-state index in [2.05, 4.69) is 26.8 Å². The Hall–Kier alpha value is -1.28. The molecule has 0 amide bonds. The van der Waals surface area contributed by atoms with Crippen LogP contribution in [0.25, 0.3) is 11.0 Å². The van der Waals surface area contributed by atoms with Gasteiger partial charge in [-0.15, -0.1) is 0 Å². The predicted octanol–water partition coefficient (Wildman–Crippen LogP) is 4.42. The van der Waals surface area contributed by atoms with Crippen molar-refractivity contribution in [2.24, 2.45) is 5.92 Å². The van der Waals surface area contributed by atoms with Gasteiger partial charge in [0.15, 0.2) is 0 Å². The molecule has 2 aromatic rings. The summed E-state index contributed by atoms with van der Waals surface area (Å²) in [6.45, 7) is 10.5. The lowest BCUT2D eigenvalue weighted by Crippen LogP contribution is -2.11. The average Bonchev–Trinajstić information content (AvgIpc) is 2.69. The Morgan fingerprint density at radius 2 is 1.83 bits per heavy atom. The van der Waals surface area contributed by atoms with Crippen LogP contribution in [-0.2, 0) is 5.41 Å². The van der Waals surface area contributed by atoms with Crippen molar-refractivity contribution in [1.82, 2.24) is 0 Å². The average molecular weight is 246 g/mol. The van der Waals surface area contributed by atoms with Crippen molar-refractivity contribution in [3.8, 4) is 0 Å². The molecule has 2 nitrogen and oxygen atoms in total. The molecule has 0 spiro atoms. The number of hydrogen-bond acceptors (Lipinski definition) is 2. The number of fused-ring (bicyclic) bond motifs is 1. The van der Waals surface area contributed by atoms with Crippen LogP contribution >= 0.6 is 0 Å². The third-order valence-corrected chi connectivity index (χ3v) is 3.29. The molecule has 1 aromatic carbocycles. The lowest BCUT2D eigenvalue weighted by molar-refractivity contribution is 0.104. The van der Waals surface area contributed by atoms with E-state index in [-0.39, 0.29) is 11.3 Å². The van der Waals surface area contributed by atoms with Crippen LogP contribution in [0, 0.1) is 5.92 Å². The molecule has 0 saturated carbocycles. The minimum Gasteiger partial charge on any atom is -0.458 e. The highest BCUT2D eigenvalue weighted by molar-refractivity contribution is 5.82. The van der Waals surface area contributed by atoms with Gasteiger partial charge in [0.25, 0.3) is 0 Å². The standard InChI is InChI=1S/C16H22O2/c1-10(2)14(17)13-9-11-7-6-8-12(15(11)18-13)16(3,4)5/h6-10,14,17H,1-5H3. The monoisotopic (exact) mass is 246 g/mol. The Balaban J connectivity index is 2.58. The Labute approximate surface area is 109 Å². The second kappa shape index (κ2) is 4.43. The Bertz CT molecular complexity index is 544. The Morgan fingerprint density at radius 3 is 2.39 bits per heavy atom. The molecule has 0 bridgehead atoms. The van der Waals surface area contributed by atoms with Crippen molar-refractivity contribution >= 4 is 11.0 Å². The van der Waals surface area contributed by atoms with Crippen molar-refractivity contribution in [3.63, 3.8) is 0 Å². The van der Waals surface area contributed by atoms with Gasteiger partial charge >= 0.3 is 0 Å². The van der Waals surface area contributed by atoms with Gasteiger partial charge in [-0.1, -0.05) is 52.8 Å². The molecule has 1 atom stereocenters. The molecule has 98 valence electrons. The number of para-hydroxylation sites is 1. The number of furan rings is 1. The molecule has 2 rings (SSSR count). The molecule has 0 saturated heterocycles. The van der Waals surface area contributed by atoms with Crippen LogP contribution in [0.15, 0.2) is 28.7 Å². The van der Waals surface area contributed by atoms with E-state index < -0.39 is 6.10 Å². The van der Waals surface area contributed by atoms with Gasteiger partial charge in [0, 0.05) is 10.9 Å². The van der Waals surface area contributed by atoms with E-state index in [1.165, 1.54) is 5.56 Å². The number of benzene rings is 1. The van der Waals surface area contributed by atoms with Gasteiger partial charge < -0.3 is 9.52 Å². The fraction of sp³-hybridized carbons (Fsp3) is 0.500. The van der Waals surface area contributed by atoms with Crippen molar-refractivity contribution in [2.45, 2.75) is 46.1 Å². The SMILES string of the molecule is CC(C)C(O)c1cc2cccc(C(C)(C)C)c2o1. The first-order valence-corrected chi connectivity index (χ1v) is 6.51. The van der Waals surface area contributed by atoms with E-state index in [9.17, 15) is 5.11 Å². The summed E-state index contributed by atoms with van der Waals surface area (Å²) in [5.41, 5.74) is 2.12. The van der Waals surface area contributed by atoms with E-state index in [0.717, 1.165) is 11.0 Å². The normalized spacial score (nSPS) is 14.4. The minimum absolute atomic E-state index is 0.0391. The van der Waals surface area contributed by atoms with Crippen molar-refractivity contribution < 1.29 is 9.52 Å². The Morgan fingerprint density at radius 1 is 1.17 bits per heavy atom. The first-order chi connectivity index (χ1) is 8.30. The zero-order chi connectivity index (χ0) is 13.5. The maximum atomic E-state index is 10.1. The van der Waals surface area contributed by atoms with E-state index >= 15 is 0 Å². The number of aliphatic hydroxyl groups is 1. The summed E-state index contributed by atoms with van der Waals surface area (Å²) in [5, 5.41) is 11.2. The summed E-state index contributed by atoms with van der Waals surface area (Å²) in [6.07, 6.45) is -0.537. The number of hydrogen-bond donors (Lipinski definition) is 1. The second-order valence-electron chi connectivity index (χ2n) is 6.31. The van der Waals surface area contributed by atoms with Gasteiger partial charge in [0.1, 0.15) is 17.4 Å². The second-order valence-corrected chi connectivity index (χ2v) is 6.31. The van der Waals surface area contributed by atoms with Gasteiger partial charge in [-0.3, -0.25) is 0 Å². The molecule has 1 unspecified atom stereocenters. The minimum atomic E-state index is -0.537. The molecule has 0 aliphatic heterocycles. The molecular weight excluding hydrogens is 224 g/mol. The summed E-state index contributed by atoms with van der Waals surface area (Å²) in [6, 6.07) is 8.13. The molecule has 1 aromatic heterocycles. The Kier molecular flexibility index (Phi) is 3.24.